The molecule has 1 saturated carbocycles. The normalized spacial score (nSPS) is 21.9. The second kappa shape index (κ2) is 11.4. The Bertz CT molecular complexity index is 587. The molecule has 0 amide bonds. The van der Waals surface area contributed by atoms with Crippen LogP contribution >= 0.6 is 0 Å². The Morgan fingerprint density at radius 1 is 0.643 bits per heavy atom. The molecule has 2 nitrogen and oxygen atoms in total. The molecule has 2 N–H and O–H groups in total. The van der Waals surface area contributed by atoms with Crippen LogP contribution in [0.25, 0.3) is 0 Å². The summed E-state index contributed by atoms with van der Waals surface area (Å²) in [5, 5.41) is 7.56. The summed E-state index contributed by atoms with van der Waals surface area (Å²) < 4.78 is 0. The van der Waals surface area contributed by atoms with E-state index in [0.29, 0.717) is 12.1 Å². The van der Waals surface area contributed by atoms with Gasteiger partial charge in [0.15, 0.2) is 0 Å². The minimum atomic E-state index is 0.556. The highest BCUT2D eigenvalue weighted by Crippen LogP contribution is 2.28. The van der Waals surface area contributed by atoms with Crippen molar-refractivity contribution < 1.29 is 0 Å². The maximum Gasteiger partial charge on any atom is 0.00792 e. The van der Waals surface area contributed by atoms with Crippen molar-refractivity contribution in [3.63, 3.8) is 0 Å². The molecule has 1 fully saturated rings. The summed E-state index contributed by atoms with van der Waals surface area (Å²) in [5.41, 5.74) is 2.86. The second-order valence-electron chi connectivity index (χ2n) is 8.88. The summed E-state index contributed by atoms with van der Waals surface area (Å²) >= 11 is 0. The van der Waals surface area contributed by atoms with Gasteiger partial charge in [-0.2, -0.15) is 0 Å². The number of nitrogens with one attached hydrogen (secondary N) is 2. The molecular weight excluding hydrogens is 340 g/mol. The van der Waals surface area contributed by atoms with Crippen molar-refractivity contribution in [2.24, 2.45) is 11.8 Å². The monoisotopic (exact) mass is 378 g/mol. The molecule has 0 bridgehead atoms. The Hall–Kier alpha value is -1.64. The fourth-order valence-corrected chi connectivity index (χ4v) is 4.46. The van der Waals surface area contributed by atoms with Crippen LogP contribution in [0.5, 0.6) is 0 Å². The van der Waals surface area contributed by atoms with Crippen LogP contribution in [0.3, 0.4) is 0 Å². The van der Waals surface area contributed by atoms with Gasteiger partial charge in [-0.3, -0.25) is 0 Å². The maximum absolute atomic E-state index is 3.78. The molecule has 152 valence electrons. The van der Waals surface area contributed by atoms with Crippen LogP contribution in [0.4, 0.5) is 0 Å². The summed E-state index contributed by atoms with van der Waals surface area (Å²) in [7, 11) is 0. The third kappa shape index (κ3) is 7.41. The molecule has 0 spiro atoms. The SMILES string of the molecule is CC(Cc1ccccc1)NCC1CCC(CNC(C)Cc2ccccc2)CC1. The number of rotatable bonds is 10. The highest BCUT2D eigenvalue weighted by molar-refractivity contribution is 5.16. The quantitative estimate of drug-likeness (QED) is 0.591. The predicted molar refractivity (Wildman–Crippen MR) is 121 cm³/mol. The van der Waals surface area contributed by atoms with Gasteiger partial charge >= 0.3 is 0 Å². The third-order valence-electron chi connectivity index (χ3n) is 6.25. The van der Waals surface area contributed by atoms with Gasteiger partial charge in [0, 0.05) is 12.1 Å². The number of hydrogen-bond donors (Lipinski definition) is 2. The van der Waals surface area contributed by atoms with Gasteiger partial charge in [-0.25, -0.2) is 0 Å². The van der Waals surface area contributed by atoms with Gasteiger partial charge in [0.1, 0.15) is 0 Å². The highest BCUT2D eigenvalue weighted by Gasteiger charge is 2.21. The van der Waals surface area contributed by atoms with E-state index in [2.05, 4.69) is 85.1 Å². The third-order valence-corrected chi connectivity index (χ3v) is 6.25. The van der Waals surface area contributed by atoms with Crippen molar-refractivity contribution in [2.45, 2.75) is 64.5 Å². The average Bonchev–Trinajstić information content (AvgIpc) is 2.73. The van der Waals surface area contributed by atoms with Crippen LogP contribution in [0.1, 0.15) is 50.7 Å². The first-order valence-electron chi connectivity index (χ1n) is 11.2. The summed E-state index contributed by atoms with van der Waals surface area (Å²) in [6.45, 7) is 6.99. The van der Waals surface area contributed by atoms with Gasteiger partial charge < -0.3 is 10.6 Å². The van der Waals surface area contributed by atoms with E-state index >= 15 is 0 Å². The van der Waals surface area contributed by atoms with Crippen LogP contribution < -0.4 is 10.6 Å². The van der Waals surface area contributed by atoms with Crippen LogP contribution in [0.15, 0.2) is 60.7 Å². The van der Waals surface area contributed by atoms with E-state index in [9.17, 15) is 0 Å². The molecule has 0 aromatic heterocycles. The lowest BCUT2D eigenvalue weighted by Gasteiger charge is -2.30. The zero-order valence-electron chi connectivity index (χ0n) is 17.7. The minimum absolute atomic E-state index is 0.556. The van der Waals surface area contributed by atoms with Gasteiger partial charge in [0.25, 0.3) is 0 Å². The standard InChI is InChI=1S/C26H38N2/c1-21(17-23-9-5-3-6-10-23)27-19-25-13-15-26(16-14-25)20-28-22(2)18-24-11-7-4-8-12-24/h3-12,21-22,25-28H,13-20H2,1-2H3. The molecular formula is C26H38N2. The van der Waals surface area contributed by atoms with Gasteiger partial charge in [-0.15, -0.1) is 0 Å². The molecule has 2 aromatic rings. The largest absolute Gasteiger partial charge is 0.314 e. The topological polar surface area (TPSA) is 24.1 Å². The zero-order valence-corrected chi connectivity index (χ0v) is 17.7. The molecule has 2 aromatic carbocycles. The Balaban J connectivity index is 1.28. The van der Waals surface area contributed by atoms with Gasteiger partial charge in [0.05, 0.1) is 0 Å². The fourth-order valence-electron chi connectivity index (χ4n) is 4.46. The molecule has 2 atom stereocenters. The van der Waals surface area contributed by atoms with Crippen molar-refractivity contribution in [1.29, 1.82) is 0 Å². The van der Waals surface area contributed by atoms with E-state index in [-0.39, 0.29) is 0 Å². The Labute approximate surface area is 172 Å². The molecule has 28 heavy (non-hydrogen) atoms. The zero-order chi connectivity index (χ0) is 19.6. The minimum Gasteiger partial charge on any atom is -0.314 e. The lowest BCUT2D eigenvalue weighted by atomic mass is 9.81. The number of hydrogen-bond acceptors (Lipinski definition) is 2. The van der Waals surface area contributed by atoms with Crippen LogP contribution in [0.2, 0.25) is 0 Å². The van der Waals surface area contributed by atoms with Crippen LogP contribution in [-0.4, -0.2) is 25.2 Å². The first kappa shape index (κ1) is 21.1. The van der Waals surface area contributed by atoms with Crippen LogP contribution in [0, 0.1) is 11.8 Å². The summed E-state index contributed by atoms with van der Waals surface area (Å²) in [5.74, 6) is 1.72. The molecule has 1 aliphatic rings. The summed E-state index contributed by atoms with van der Waals surface area (Å²) in [6, 6.07) is 22.8. The predicted octanol–water partition coefficient (Wildman–Crippen LogP) is 5.23. The van der Waals surface area contributed by atoms with E-state index in [1.165, 1.54) is 49.9 Å². The van der Waals surface area contributed by atoms with E-state index in [1.54, 1.807) is 0 Å². The summed E-state index contributed by atoms with van der Waals surface area (Å²) in [6.07, 6.45) is 7.77. The molecule has 0 radical (unpaired) electrons. The lowest BCUT2D eigenvalue weighted by Crippen LogP contribution is -2.37. The molecule has 0 heterocycles. The highest BCUT2D eigenvalue weighted by atomic mass is 14.9. The lowest BCUT2D eigenvalue weighted by molar-refractivity contribution is 0.252. The first-order valence-corrected chi connectivity index (χ1v) is 11.2. The van der Waals surface area contributed by atoms with Gasteiger partial charge in [-0.05, 0) is 88.4 Å². The fraction of sp³-hybridized carbons (Fsp3) is 0.538. The van der Waals surface area contributed by atoms with E-state index in [0.717, 1.165) is 24.7 Å². The molecule has 0 saturated heterocycles. The van der Waals surface area contributed by atoms with Crippen LogP contribution in [-0.2, 0) is 12.8 Å². The Morgan fingerprint density at radius 3 is 1.36 bits per heavy atom. The van der Waals surface area contributed by atoms with Crippen molar-refractivity contribution in [2.75, 3.05) is 13.1 Å². The van der Waals surface area contributed by atoms with Crippen molar-refractivity contribution >= 4 is 0 Å². The average molecular weight is 379 g/mol. The summed E-state index contributed by atoms with van der Waals surface area (Å²) in [4.78, 5) is 0. The van der Waals surface area contributed by atoms with Crippen molar-refractivity contribution in [3.05, 3.63) is 71.8 Å². The Kier molecular flexibility index (Phi) is 8.57. The molecule has 2 unspecified atom stereocenters. The Morgan fingerprint density at radius 2 is 1.00 bits per heavy atom. The first-order chi connectivity index (χ1) is 13.7. The van der Waals surface area contributed by atoms with E-state index in [4.69, 9.17) is 0 Å². The molecule has 0 aliphatic heterocycles. The smallest absolute Gasteiger partial charge is 0.00792 e. The van der Waals surface area contributed by atoms with E-state index < -0.39 is 0 Å². The van der Waals surface area contributed by atoms with Gasteiger partial charge in [-0.1, -0.05) is 60.7 Å². The maximum atomic E-state index is 3.78. The molecule has 1 aliphatic carbocycles. The van der Waals surface area contributed by atoms with Gasteiger partial charge in [0.2, 0.25) is 0 Å². The second-order valence-corrected chi connectivity index (χ2v) is 8.88. The van der Waals surface area contributed by atoms with Crippen molar-refractivity contribution in [3.8, 4) is 0 Å². The van der Waals surface area contributed by atoms with Crippen molar-refractivity contribution in [1.82, 2.24) is 10.6 Å². The van der Waals surface area contributed by atoms with E-state index in [1.807, 2.05) is 0 Å². The molecule has 3 rings (SSSR count). The molecule has 2 heteroatoms. The number of benzene rings is 2.